The molecule has 0 spiro atoms. The summed E-state index contributed by atoms with van der Waals surface area (Å²) in [4.78, 5) is 30.5. The maximum absolute atomic E-state index is 12.2. The Morgan fingerprint density at radius 1 is 1.60 bits per heavy atom. The van der Waals surface area contributed by atoms with Crippen LogP contribution in [0.2, 0.25) is 0 Å². The highest BCUT2D eigenvalue weighted by molar-refractivity contribution is 7.16. The number of hydrogen-bond acceptors (Lipinski definition) is 5. The molecule has 1 N–H and O–H groups in total. The average Bonchev–Trinajstić information content (AvgIpc) is 2.91. The molecule has 2 heterocycles. The number of rotatable bonds is 6. The molecule has 0 atom stereocenters. The molecule has 2 aromatic heterocycles. The van der Waals surface area contributed by atoms with Crippen LogP contribution in [0.15, 0.2) is 35.2 Å². The first-order valence-electron chi connectivity index (χ1n) is 6.09. The minimum Gasteiger partial charge on any atom is -0.395 e. The third-order valence-corrected chi connectivity index (χ3v) is 3.65. The second kappa shape index (κ2) is 6.44. The summed E-state index contributed by atoms with van der Waals surface area (Å²) in [5.74, 6) is -0.252. The summed E-state index contributed by atoms with van der Waals surface area (Å²) in [6.07, 6.45) is 2.96. The summed E-state index contributed by atoms with van der Waals surface area (Å²) in [7, 11) is 0. The summed E-state index contributed by atoms with van der Waals surface area (Å²) in [5.41, 5.74) is -0.229. The van der Waals surface area contributed by atoms with Gasteiger partial charge in [0.25, 0.3) is 5.56 Å². The second-order valence-electron chi connectivity index (χ2n) is 4.17. The third-order valence-electron chi connectivity index (χ3n) is 2.83. The molecule has 2 rings (SSSR count). The first kappa shape index (κ1) is 14.4. The number of hydrogen-bond donors (Lipinski definition) is 1. The van der Waals surface area contributed by atoms with Gasteiger partial charge in [-0.2, -0.15) is 0 Å². The van der Waals surface area contributed by atoms with E-state index in [4.69, 9.17) is 5.11 Å². The van der Waals surface area contributed by atoms with Crippen molar-refractivity contribution in [3.63, 3.8) is 0 Å². The van der Waals surface area contributed by atoms with Gasteiger partial charge in [0.05, 0.1) is 18.3 Å². The Kier molecular flexibility index (Phi) is 4.65. The molecule has 0 saturated heterocycles. The van der Waals surface area contributed by atoms with E-state index in [-0.39, 0.29) is 31.2 Å². The predicted molar refractivity (Wildman–Crippen MR) is 77.7 cm³/mol. The molecule has 0 aliphatic heterocycles. The quantitative estimate of drug-likeness (QED) is 0.785. The smallest absolute Gasteiger partial charge is 0.262 e. The van der Waals surface area contributed by atoms with Gasteiger partial charge in [-0.05, 0) is 11.4 Å². The zero-order chi connectivity index (χ0) is 14.5. The molecule has 0 radical (unpaired) electrons. The molecule has 6 nitrogen and oxygen atoms in total. The lowest BCUT2D eigenvalue weighted by atomic mass is 10.4. The highest BCUT2D eigenvalue weighted by atomic mass is 32.1. The van der Waals surface area contributed by atoms with Crippen molar-refractivity contribution >= 4 is 27.5 Å². The summed E-state index contributed by atoms with van der Waals surface area (Å²) < 4.78 is 1.28. The minimum absolute atomic E-state index is 0.0918. The third kappa shape index (κ3) is 2.94. The van der Waals surface area contributed by atoms with Crippen LogP contribution in [-0.4, -0.2) is 45.2 Å². The highest BCUT2D eigenvalue weighted by Crippen LogP contribution is 2.13. The molecule has 0 saturated carbocycles. The number of thiophene rings is 1. The topological polar surface area (TPSA) is 75.4 Å². The Morgan fingerprint density at radius 3 is 3.10 bits per heavy atom. The van der Waals surface area contributed by atoms with E-state index >= 15 is 0 Å². The normalized spacial score (nSPS) is 10.7. The fourth-order valence-electron chi connectivity index (χ4n) is 1.85. The monoisotopic (exact) mass is 293 g/mol. The van der Waals surface area contributed by atoms with Crippen LogP contribution in [-0.2, 0) is 11.3 Å². The Balaban J connectivity index is 2.22. The lowest BCUT2D eigenvalue weighted by molar-refractivity contribution is -0.131. The zero-order valence-electron chi connectivity index (χ0n) is 10.9. The predicted octanol–water partition coefficient (Wildman–Crippen LogP) is 0.465. The number of nitrogens with zero attached hydrogens (tertiary/aromatic N) is 3. The number of carbonyl (C=O) groups excluding carboxylic acids is 1. The largest absolute Gasteiger partial charge is 0.395 e. The van der Waals surface area contributed by atoms with Crippen molar-refractivity contribution in [2.24, 2.45) is 0 Å². The van der Waals surface area contributed by atoms with Gasteiger partial charge in [-0.3, -0.25) is 14.2 Å². The van der Waals surface area contributed by atoms with Crippen LogP contribution in [0.5, 0.6) is 0 Å². The molecular formula is C13H15N3O3S. The zero-order valence-corrected chi connectivity index (χ0v) is 11.7. The number of carbonyl (C=O) groups is 1. The molecule has 1 amide bonds. The van der Waals surface area contributed by atoms with Crippen molar-refractivity contribution in [2.45, 2.75) is 6.54 Å². The van der Waals surface area contributed by atoms with Gasteiger partial charge >= 0.3 is 0 Å². The van der Waals surface area contributed by atoms with E-state index in [2.05, 4.69) is 11.6 Å². The molecule has 20 heavy (non-hydrogen) atoms. The summed E-state index contributed by atoms with van der Waals surface area (Å²) in [6, 6.07) is 1.70. The van der Waals surface area contributed by atoms with E-state index in [1.807, 2.05) is 0 Å². The van der Waals surface area contributed by atoms with Gasteiger partial charge in [-0.25, -0.2) is 4.98 Å². The molecule has 0 unspecified atom stereocenters. The van der Waals surface area contributed by atoms with Gasteiger partial charge in [0.1, 0.15) is 11.4 Å². The van der Waals surface area contributed by atoms with Crippen molar-refractivity contribution < 1.29 is 9.90 Å². The van der Waals surface area contributed by atoms with Crippen LogP contribution in [0.4, 0.5) is 0 Å². The van der Waals surface area contributed by atoms with Crippen LogP contribution in [0, 0.1) is 0 Å². The molecule has 0 aliphatic carbocycles. The maximum atomic E-state index is 12.2. The van der Waals surface area contributed by atoms with Crippen LogP contribution in [0.1, 0.15) is 0 Å². The van der Waals surface area contributed by atoms with E-state index in [9.17, 15) is 9.59 Å². The minimum atomic E-state index is -0.252. The van der Waals surface area contributed by atoms with Crippen molar-refractivity contribution in [3.8, 4) is 0 Å². The van der Waals surface area contributed by atoms with Crippen LogP contribution in [0.3, 0.4) is 0 Å². The SMILES string of the molecule is C=CCN(CCO)C(=O)Cn1cnc2sccc2c1=O. The molecular weight excluding hydrogens is 278 g/mol. The summed E-state index contributed by atoms with van der Waals surface area (Å²) in [5, 5.41) is 11.2. The van der Waals surface area contributed by atoms with Gasteiger partial charge in [-0.1, -0.05) is 6.08 Å². The lowest BCUT2D eigenvalue weighted by Gasteiger charge is -2.20. The number of aliphatic hydroxyl groups is 1. The fraction of sp³-hybridized carbons (Fsp3) is 0.308. The number of aromatic nitrogens is 2. The van der Waals surface area contributed by atoms with E-state index < -0.39 is 0 Å². The van der Waals surface area contributed by atoms with Gasteiger partial charge in [0.2, 0.25) is 5.91 Å². The van der Waals surface area contributed by atoms with Crippen molar-refractivity contribution in [1.29, 1.82) is 0 Å². The first-order chi connectivity index (χ1) is 9.67. The van der Waals surface area contributed by atoms with Gasteiger partial charge in [0.15, 0.2) is 0 Å². The van der Waals surface area contributed by atoms with Gasteiger partial charge in [0, 0.05) is 13.1 Å². The lowest BCUT2D eigenvalue weighted by Crippen LogP contribution is -2.38. The van der Waals surface area contributed by atoms with Crippen LogP contribution >= 0.6 is 11.3 Å². The summed E-state index contributed by atoms with van der Waals surface area (Å²) >= 11 is 1.39. The molecule has 106 valence electrons. The Hall–Kier alpha value is -1.99. The average molecular weight is 293 g/mol. The molecule has 0 aromatic carbocycles. The highest BCUT2D eigenvalue weighted by Gasteiger charge is 2.14. The van der Waals surface area contributed by atoms with E-state index in [1.165, 1.54) is 27.1 Å². The molecule has 0 bridgehead atoms. The van der Waals surface area contributed by atoms with Crippen molar-refractivity contribution in [1.82, 2.24) is 14.5 Å². The van der Waals surface area contributed by atoms with Crippen molar-refractivity contribution in [3.05, 3.63) is 40.8 Å². The van der Waals surface area contributed by atoms with E-state index in [1.54, 1.807) is 17.5 Å². The standard InChI is InChI=1S/C13H15N3O3S/c1-2-4-15(5-6-17)11(18)8-16-9-14-12-10(13(16)19)3-7-20-12/h2-3,7,9,17H,1,4-6,8H2. The molecule has 2 aromatic rings. The fourth-order valence-corrected chi connectivity index (χ4v) is 2.57. The van der Waals surface area contributed by atoms with E-state index in [0.717, 1.165) is 0 Å². The number of amides is 1. The van der Waals surface area contributed by atoms with Crippen LogP contribution in [0.25, 0.3) is 10.2 Å². The Bertz CT molecular complexity index is 677. The Morgan fingerprint density at radius 2 is 2.40 bits per heavy atom. The van der Waals surface area contributed by atoms with E-state index in [0.29, 0.717) is 16.8 Å². The molecule has 7 heteroatoms. The maximum Gasteiger partial charge on any atom is 0.262 e. The second-order valence-corrected chi connectivity index (χ2v) is 5.06. The molecule has 0 aliphatic rings. The van der Waals surface area contributed by atoms with Crippen molar-refractivity contribution in [2.75, 3.05) is 19.7 Å². The molecule has 0 fully saturated rings. The number of fused-ring (bicyclic) bond motifs is 1. The summed E-state index contributed by atoms with van der Waals surface area (Å²) in [6.45, 7) is 3.90. The first-order valence-corrected chi connectivity index (χ1v) is 6.97. The Labute approximate surface area is 119 Å². The van der Waals surface area contributed by atoms with Crippen LogP contribution < -0.4 is 5.56 Å². The van der Waals surface area contributed by atoms with Gasteiger partial charge in [-0.15, -0.1) is 17.9 Å². The van der Waals surface area contributed by atoms with Gasteiger partial charge < -0.3 is 10.0 Å². The number of aliphatic hydroxyl groups excluding tert-OH is 1.